The van der Waals surface area contributed by atoms with E-state index in [1.807, 2.05) is 0 Å². The molecule has 14 heavy (non-hydrogen) atoms. The van der Waals surface area contributed by atoms with E-state index >= 15 is 0 Å². The summed E-state index contributed by atoms with van der Waals surface area (Å²) in [6.07, 6.45) is 5.10. The van der Waals surface area contributed by atoms with Crippen LogP contribution in [0.15, 0.2) is 0 Å². The lowest BCUT2D eigenvalue weighted by atomic mass is 10.0. The minimum Gasteiger partial charge on any atom is -0.385 e. The van der Waals surface area contributed by atoms with Crippen molar-refractivity contribution >= 4 is 5.78 Å². The number of aliphatic hydroxyl groups excluding tert-OH is 1. The molecule has 0 bridgehead atoms. The van der Waals surface area contributed by atoms with Crippen LogP contribution in [0.25, 0.3) is 0 Å². The van der Waals surface area contributed by atoms with Crippen LogP contribution in [0, 0.1) is 5.92 Å². The number of ketones is 1. The minimum atomic E-state index is -0.684. The quantitative estimate of drug-likeness (QED) is 0.724. The third-order valence-corrected chi connectivity index (χ3v) is 3.14. The SMILES string of the molecule is O=C(CCC1CCCO1)C(O)C1CC1. The molecule has 2 aliphatic rings. The molecule has 1 aliphatic carbocycles. The number of hydrogen-bond acceptors (Lipinski definition) is 3. The highest BCUT2D eigenvalue weighted by atomic mass is 16.5. The number of Topliss-reactive ketones (excluding diaryl/α,β-unsaturated/α-hetero) is 1. The van der Waals surface area contributed by atoms with Gasteiger partial charge in [-0.2, -0.15) is 0 Å². The molecule has 1 N–H and O–H groups in total. The van der Waals surface area contributed by atoms with Crippen LogP contribution in [0.2, 0.25) is 0 Å². The molecule has 3 nitrogen and oxygen atoms in total. The Balaban J connectivity index is 1.65. The summed E-state index contributed by atoms with van der Waals surface area (Å²) in [5, 5.41) is 9.54. The molecule has 1 heterocycles. The molecule has 2 rings (SSSR count). The Bertz CT molecular complexity index is 205. The average Bonchev–Trinajstić information content (AvgIpc) is 2.91. The summed E-state index contributed by atoms with van der Waals surface area (Å²) >= 11 is 0. The van der Waals surface area contributed by atoms with Crippen LogP contribution < -0.4 is 0 Å². The molecule has 0 amide bonds. The molecule has 2 atom stereocenters. The highest BCUT2D eigenvalue weighted by molar-refractivity contribution is 5.83. The Hall–Kier alpha value is -0.410. The fourth-order valence-electron chi connectivity index (χ4n) is 2.00. The third kappa shape index (κ3) is 2.55. The van der Waals surface area contributed by atoms with Gasteiger partial charge in [-0.25, -0.2) is 0 Å². The summed E-state index contributed by atoms with van der Waals surface area (Å²) in [4.78, 5) is 11.5. The Labute approximate surface area is 84.4 Å². The second-order valence-electron chi connectivity index (χ2n) is 4.42. The fourth-order valence-corrected chi connectivity index (χ4v) is 2.00. The van der Waals surface area contributed by atoms with Crippen molar-refractivity contribution in [2.24, 2.45) is 5.92 Å². The van der Waals surface area contributed by atoms with Crippen LogP contribution in [0.1, 0.15) is 38.5 Å². The Morgan fingerprint density at radius 2 is 2.21 bits per heavy atom. The van der Waals surface area contributed by atoms with E-state index in [9.17, 15) is 9.90 Å². The van der Waals surface area contributed by atoms with Crippen LogP contribution in [0.5, 0.6) is 0 Å². The number of carbonyl (C=O) groups excluding carboxylic acids is 1. The smallest absolute Gasteiger partial charge is 0.161 e. The molecule has 80 valence electrons. The lowest BCUT2D eigenvalue weighted by molar-refractivity contribution is -0.128. The molecule has 2 unspecified atom stereocenters. The van der Waals surface area contributed by atoms with E-state index in [4.69, 9.17) is 4.74 Å². The maximum absolute atomic E-state index is 11.5. The van der Waals surface area contributed by atoms with Gasteiger partial charge < -0.3 is 9.84 Å². The minimum absolute atomic E-state index is 0.0167. The summed E-state index contributed by atoms with van der Waals surface area (Å²) in [6.45, 7) is 0.837. The number of carbonyl (C=O) groups is 1. The molecule has 3 heteroatoms. The van der Waals surface area contributed by atoms with Gasteiger partial charge in [-0.3, -0.25) is 4.79 Å². The van der Waals surface area contributed by atoms with Gasteiger partial charge in [0.25, 0.3) is 0 Å². The monoisotopic (exact) mass is 198 g/mol. The van der Waals surface area contributed by atoms with E-state index in [1.54, 1.807) is 0 Å². The molecule has 0 aromatic rings. The van der Waals surface area contributed by atoms with Gasteiger partial charge in [0.1, 0.15) is 6.10 Å². The van der Waals surface area contributed by atoms with Gasteiger partial charge >= 0.3 is 0 Å². The lowest BCUT2D eigenvalue weighted by Crippen LogP contribution is -2.23. The van der Waals surface area contributed by atoms with E-state index in [1.165, 1.54) is 0 Å². The topological polar surface area (TPSA) is 46.5 Å². The second-order valence-corrected chi connectivity index (χ2v) is 4.42. The van der Waals surface area contributed by atoms with Gasteiger partial charge in [0.05, 0.1) is 6.10 Å². The van der Waals surface area contributed by atoms with Crippen molar-refractivity contribution in [3.63, 3.8) is 0 Å². The largest absolute Gasteiger partial charge is 0.385 e. The molecule has 2 fully saturated rings. The van der Waals surface area contributed by atoms with Gasteiger partial charge in [0, 0.05) is 13.0 Å². The zero-order valence-corrected chi connectivity index (χ0v) is 8.45. The van der Waals surface area contributed by atoms with Crippen molar-refractivity contribution < 1.29 is 14.6 Å². The molecular weight excluding hydrogens is 180 g/mol. The first-order valence-electron chi connectivity index (χ1n) is 5.60. The van der Waals surface area contributed by atoms with E-state index in [0.29, 0.717) is 6.42 Å². The first-order chi connectivity index (χ1) is 6.77. The fraction of sp³-hybridized carbons (Fsp3) is 0.909. The highest BCUT2D eigenvalue weighted by Gasteiger charge is 2.34. The van der Waals surface area contributed by atoms with Gasteiger partial charge in [0.15, 0.2) is 5.78 Å². The van der Waals surface area contributed by atoms with Crippen LogP contribution in [-0.2, 0) is 9.53 Å². The maximum Gasteiger partial charge on any atom is 0.161 e. The van der Waals surface area contributed by atoms with Crippen LogP contribution >= 0.6 is 0 Å². The predicted molar refractivity (Wildman–Crippen MR) is 51.9 cm³/mol. The van der Waals surface area contributed by atoms with E-state index in [0.717, 1.165) is 38.7 Å². The summed E-state index contributed by atoms with van der Waals surface area (Å²) < 4.78 is 5.43. The van der Waals surface area contributed by atoms with Crippen molar-refractivity contribution in [2.75, 3.05) is 6.61 Å². The number of rotatable bonds is 5. The summed E-state index contributed by atoms with van der Waals surface area (Å²) in [6, 6.07) is 0. The molecule has 0 spiro atoms. The summed E-state index contributed by atoms with van der Waals surface area (Å²) in [7, 11) is 0. The van der Waals surface area contributed by atoms with Gasteiger partial charge in [-0.05, 0) is 38.0 Å². The molecule has 0 aromatic heterocycles. The molecule has 1 aliphatic heterocycles. The number of hydrogen-bond donors (Lipinski definition) is 1. The zero-order chi connectivity index (χ0) is 9.97. The maximum atomic E-state index is 11.5. The second kappa shape index (κ2) is 4.41. The first-order valence-corrected chi connectivity index (χ1v) is 5.60. The summed E-state index contributed by atoms with van der Waals surface area (Å²) in [5.74, 6) is 0.287. The Morgan fingerprint density at radius 1 is 1.43 bits per heavy atom. The molecule has 0 aromatic carbocycles. The van der Waals surface area contributed by atoms with E-state index < -0.39 is 6.10 Å². The van der Waals surface area contributed by atoms with Crippen molar-refractivity contribution in [3.05, 3.63) is 0 Å². The predicted octanol–water partition coefficient (Wildman–Crippen LogP) is 1.29. The van der Waals surface area contributed by atoms with E-state index in [2.05, 4.69) is 0 Å². The molecule has 1 saturated carbocycles. The normalized spacial score (nSPS) is 29.1. The standard InChI is InChI=1S/C11H18O3/c12-10(11(13)8-3-4-8)6-5-9-2-1-7-14-9/h8-9,11,13H,1-7H2. The highest BCUT2D eigenvalue weighted by Crippen LogP contribution is 2.33. The van der Waals surface area contributed by atoms with Gasteiger partial charge in [0.2, 0.25) is 0 Å². The number of ether oxygens (including phenoxy) is 1. The van der Waals surface area contributed by atoms with Crippen LogP contribution in [-0.4, -0.2) is 29.7 Å². The Morgan fingerprint density at radius 3 is 2.79 bits per heavy atom. The lowest BCUT2D eigenvalue weighted by Gasteiger charge is -2.11. The summed E-state index contributed by atoms with van der Waals surface area (Å²) in [5.41, 5.74) is 0. The molecular formula is C11H18O3. The van der Waals surface area contributed by atoms with Crippen molar-refractivity contribution in [2.45, 2.75) is 50.7 Å². The zero-order valence-electron chi connectivity index (χ0n) is 8.45. The average molecular weight is 198 g/mol. The third-order valence-electron chi connectivity index (χ3n) is 3.14. The molecule has 0 radical (unpaired) electrons. The number of aliphatic hydroxyl groups is 1. The molecule has 1 saturated heterocycles. The van der Waals surface area contributed by atoms with Gasteiger partial charge in [-0.1, -0.05) is 0 Å². The van der Waals surface area contributed by atoms with Crippen molar-refractivity contribution in [1.82, 2.24) is 0 Å². The van der Waals surface area contributed by atoms with E-state index in [-0.39, 0.29) is 17.8 Å². The van der Waals surface area contributed by atoms with Gasteiger partial charge in [-0.15, -0.1) is 0 Å². The Kier molecular flexibility index (Phi) is 3.19. The first kappa shape index (κ1) is 10.1. The van der Waals surface area contributed by atoms with Crippen LogP contribution in [0.4, 0.5) is 0 Å². The van der Waals surface area contributed by atoms with Crippen molar-refractivity contribution in [1.29, 1.82) is 0 Å². The van der Waals surface area contributed by atoms with Crippen molar-refractivity contribution in [3.8, 4) is 0 Å². The van der Waals surface area contributed by atoms with Crippen LogP contribution in [0.3, 0.4) is 0 Å².